The lowest BCUT2D eigenvalue weighted by atomic mass is 9.85. The first-order chi connectivity index (χ1) is 13.1. The highest BCUT2D eigenvalue weighted by molar-refractivity contribution is 5.97. The van der Waals surface area contributed by atoms with E-state index in [-0.39, 0.29) is 17.1 Å². The number of hydrogen-bond donors (Lipinski definition) is 3. The van der Waals surface area contributed by atoms with Crippen LogP contribution in [0.15, 0.2) is 77.6 Å². The van der Waals surface area contributed by atoms with Crippen LogP contribution in [0.25, 0.3) is 5.57 Å². The minimum Gasteiger partial charge on any atom is -0.509 e. The van der Waals surface area contributed by atoms with E-state index in [9.17, 15) is 15.0 Å². The van der Waals surface area contributed by atoms with E-state index in [4.69, 9.17) is 4.74 Å². The van der Waals surface area contributed by atoms with Crippen molar-refractivity contribution in [3.63, 3.8) is 0 Å². The minimum atomic E-state index is -1.19. The van der Waals surface area contributed by atoms with Crippen molar-refractivity contribution < 1.29 is 19.7 Å². The maximum atomic E-state index is 12.2. The number of benzene rings is 2. The summed E-state index contributed by atoms with van der Waals surface area (Å²) in [6.45, 7) is 0. The molecule has 2 aromatic rings. The van der Waals surface area contributed by atoms with Crippen molar-refractivity contribution in [1.82, 2.24) is 5.43 Å². The number of nitrogens with one attached hydrogen (secondary N) is 1. The third kappa shape index (κ3) is 3.91. The summed E-state index contributed by atoms with van der Waals surface area (Å²) in [6, 6.07) is 15.9. The van der Waals surface area contributed by atoms with E-state index < -0.39 is 11.5 Å². The third-order valence-corrected chi connectivity index (χ3v) is 4.43. The summed E-state index contributed by atoms with van der Waals surface area (Å²) in [5.41, 5.74) is 3.25. The summed E-state index contributed by atoms with van der Waals surface area (Å²) >= 11 is 0. The Bertz CT molecular complexity index is 919. The monoisotopic (exact) mass is 364 g/mol. The van der Waals surface area contributed by atoms with Crippen LogP contribution in [-0.2, 0) is 4.74 Å². The lowest BCUT2D eigenvalue weighted by Crippen LogP contribution is -2.38. The Morgan fingerprint density at radius 1 is 1.11 bits per heavy atom. The molecule has 6 heteroatoms. The van der Waals surface area contributed by atoms with Crippen LogP contribution in [0.4, 0.5) is 0 Å². The molecule has 0 saturated carbocycles. The van der Waals surface area contributed by atoms with Gasteiger partial charge in [0.1, 0.15) is 11.5 Å². The predicted octanol–water partition coefficient (Wildman–Crippen LogP) is 3.42. The van der Waals surface area contributed by atoms with Gasteiger partial charge in [-0.3, -0.25) is 4.79 Å². The largest absolute Gasteiger partial charge is 0.509 e. The van der Waals surface area contributed by atoms with Crippen molar-refractivity contribution >= 4 is 17.7 Å². The molecule has 1 atom stereocenters. The molecule has 0 radical (unpaired) electrons. The van der Waals surface area contributed by atoms with Crippen molar-refractivity contribution in [2.75, 3.05) is 7.11 Å². The molecule has 1 amide bonds. The van der Waals surface area contributed by atoms with Crippen LogP contribution in [0.3, 0.4) is 0 Å². The van der Waals surface area contributed by atoms with Gasteiger partial charge in [0.05, 0.1) is 11.8 Å². The number of rotatable bonds is 5. The quantitative estimate of drug-likeness (QED) is 0.560. The van der Waals surface area contributed by atoms with E-state index in [1.807, 2.05) is 36.4 Å². The topological polar surface area (TPSA) is 91.2 Å². The maximum Gasteiger partial charge on any atom is 0.275 e. The molecule has 0 fully saturated rings. The van der Waals surface area contributed by atoms with Gasteiger partial charge in [-0.15, -0.1) is 0 Å². The highest BCUT2D eigenvalue weighted by atomic mass is 16.5. The van der Waals surface area contributed by atoms with Gasteiger partial charge in [0.25, 0.3) is 5.91 Å². The Hall–Kier alpha value is -3.38. The number of carbonyl (C=O) groups excluding carboxylic acids is 1. The van der Waals surface area contributed by atoms with Gasteiger partial charge in [-0.25, -0.2) is 5.43 Å². The van der Waals surface area contributed by atoms with Crippen LogP contribution in [0.1, 0.15) is 22.3 Å². The fourth-order valence-electron chi connectivity index (χ4n) is 2.87. The molecule has 2 aromatic carbocycles. The van der Waals surface area contributed by atoms with Crippen LogP contribution in [0, 0.1) is 0 Å². The first kappa shape index (κ1) is 18.4. The third-order valence-electron chi connectivity index (χ3n) is 4.43. The van der Waals surface area contributed by atoms with Crippen molar-refractivity contribution in [2.45, 2.75) is 12.0 Å². The first-order valence-electron chi connectivity index (χ1n) is 8.39. The summed E-state index contributed by atoms with van der Waals surface area (Å²) in [7, 11) is 1.47. The van der Waals surface area contributed by atoms with Crippen LogP contribution >= 0.6 is 0 Å². The number of phenolic OH excluding ortho intramolecular Hbond substituents is 1. The number of phenols is 1. The second-order valence-corrected chi connectivity index (χ2v) is 6.10. The van der Waals surface area contributed by atoms with Gasteiger partial charge in [-0.1, -0.05) is 48.5 Å². The number of carbonyl (C=O) groups is 1. The standard InChI is InChI=1S/C21H20N2O4/c1-27-21(14-22-23-20(26)17-9-5-6-10-18(17)24)13-16(11-12-19(21)25)15-7-3-2-4-8-15/h2-12,14,24-25H,13H2,1H3,(H,23,26)/b22-14+. The Morgan fingerprint density at radius 3 is 2.52 bits per heavy atom. The summed E-state index contributed by atoms with van der Waals surface area (Å²) in [5.74, 6) is -0.708. The number of aliphatic hydroxyl groups is 1. The lowest BCUT2D eigenvalue weighted by Gasteiger charge is -2.31. The zero-order valence-corrected chi connectivity index (χ0v) is 14.8. The second-order valence-electron chi connectivity index (χ2n) is 6.10. The van der Waals surface area contributed by atoms with Crippen LogP contribution < -0.4 is 5.43 Å². The molecule has 138 valence electrons. The molecule has 0 bridgehead atoms. The van der Waals surface area contributed by atoms with Gasteiger partial charge in [-0.05, 0) is 29.3 Å². The van der Waals surface area contributed by atoms with E-state index in [2.05, 4.69) is 10.5 Å². The Labute approximate surface area is 157 Å². The summed E-state index contributed by atoms with van der Waals surface area (Å²) in [5, 5.41) is 24.0. The molecule has 27 heavy (non-hydrogen) atoms. The van der Waals surface area contributed by atoms with Crippen LogP contribution in [0.5, 0.6) is 5.75 Å². The molecular formula is C21H20N2O4. The highest BCUT2D eigenvalue weighted by Gasteiger charge is 2.36. The molecule has 0 aliphatic heterocycles. The van der Waals surface area contributed by atoms with Gasteiger partial charge in [0.15, 0.2) is 5.60 Å². The number of aromatic hydroxyl groups is 1. The van der Waals surface area contributed by atoms with E-state index in [1.165, 1.54) is 25.5 Å². The molecule has 0 heterocycles. The Morgan fingerprint density at radius 2 is 1.81 bits per heavy atom. The predicted molar refractivity (Wildman–Crippen MR) is 104 cm³/mol. The van der Waals surface area contributed by atoms with Crippen molar-refractivity contribution in [1.29, 1.82) is 0 Å². The fraction of sp³-hybridized carbons (Fsp3) is 0.143. The summed E-state index contributed by atoms with van der Waals surface area (Å²) in [6.07, 6.45) is 5.10. The number of hydrazone groups is 1. The molecule has 3 rings (SSSR count). The molecule has 0 spiro atoms. The van der Waals surface area contributed by atoms with E-state index in [0.29, 0.717) is 6.42 Å². The molecule has 1 aliphatic rings. The van der Waals surface area contributed by atoms with E-state index in [0.717, 1.165) is 11.1 Å². The zero-order chi connectivity index (χ0) is 19.3. The van der Waals surface area contributed by atoms with Gasteiger partial charge in [0, 0.05) is 13.5 Å². The molecule has 1 unspecified atom stereocenters. The van der Waals surface area contributed by atoms with E-state index >= 15 is 0 Å². The van der Waals surface area contributed by atoms with Crippen molar-refractivity contribution in [3.05, 3.63) is 83.6 Å². The SMILES string of the molecule is COC1(/C=N/NC(=O)c2ccccc2O)CC(c2ccccc2)=CC=C1O. The van der Waals surface area contributed by atoms with Gasteiger partial charge in [-0.2, -0.15) is 5.10 Å². The molecule has 1 aliphatic carbocycles. The average Bonchev–Trinajstić information content (AvgIpc) is 2.70. The van der Waals surface area contributed by atoms with Gasteiger partial charge < -0.3 is 14.9 Å². The molecular weight excluding hydrogens is 344 g/mol. The lowest BCUT2D eigenvalue weighted by molar-refractivity contribution is 0.0516. The number of para-hydroxylation sites is 1. The number of methoxy groups -OCH3 is 1. The Balaban J connectivity index is 1.78. The summed E-state index contributed by atoms with van der Waals surface area (Å²) in [4.78, 5) is 12.2. The minimum absolute atomic E-state index is 0.00904. The Kier molecular flexibility index (Phi) is 5.38. The van der Waals surface area contributed by atoms with E-state index in [1.54, 1.807) is 18.2 Å². The van der Waals surface area contributed by atoms with Gasteiger partial charge in [0.2, 0.25) is 0 Å². The number of ether oxygens (including phenoxy) is 1. The average molecular weight is 364 g/mol. The molecule has 3 N–H and O–H groups in total. The number of allylic oxidation sites excluding steroid dienone is 2. The second kappa shape index (κ2) is 7.88. The number of aliphatic hydroxyl groups excluding tert-OH is 1. The molecule has 0 aromatic heterocycles. The summed E-state index contributed by atoms with van der Waals surface area (Å²) < 4.78 is 5.54. The normalized spacial score (nSPS) is 19.4. The number of hydrogen-bond acceptors (Lipinski definition) is 5. The van der Waals surface area contributed by atoms with Crippen molar-refractivity contribution in [3.8, 4) is 5.75 Å². The first-order valence-corrected chi connectivity index (χ1v) is 8.39. The van der Waals surface area contributed by atoms with Crippen LogP contribution in [0.2, 0.25) is 0 Å². The number of amides is 1. The smallest absolute Gasteiger partial charge is 0.275 e. The maximum absolute atomic E-state index is 12.2. The molecule has 6 nitrogen and oxygen atoms in total. The number of nitrogens with zero attached hydrogens (tertiary/aromatic N) is 1. The van der Waals surface area contributed by atoms with Gasteiger partial charge >= 0.3 is 0 Å². The fourth-order valence-corrected chi connectivity index (χ4v) is 2.87. The molecule has 0 saturated heterocycles. The van der Waals surface area contributed by atoms with Crippen molar-refractivity contribution in [2.24, 2.45) is 5.10 Å². The zero-order valence-electron chi connectivity index (χ0n) is 14.8. The van der Waals surface area contributed by atoms with Crippen LogP contribution in [-0.4, -0.2) is 35.0 Å². The highest BCUT2D eigenvalue weighted by Crippen LogP contribution is 2.34.